The van der Waals surface area contributed by atoms with Crippen molar-refractivity contribution in [1.29, 1.82) is 0 Å². The van der Waals surface area contributed by atoms with Gasteiger partial charge in [0.25, 0.3) is 0 Å². The van der Waals surface area contributed by atoms with Crippen molar-refractivity contribution in [3.8, 4) is 11.4 Å². The molecule has 0 saturated heterocycles. The maximum atomic E-state index is 12.2. The summed E-state index contributed by atoms with van der Waals surface area (Å²) in [5.74, 6) is -0.403. The predicted molar refractivity (Wildman–Crippen MR) is 94.5 cm³/mol. The number of urea groups is 1. The van der Waals surface area contributed by atoms with Gasteiger partial charge in [-0.1, -0.05) is 12.1 Å². The molecule has 9 nitrogen and oxygen atoms in total. The molecule has 1 aliphatic carbocycles. The van der Waals surface area contributed by atoms with Gasteiger partial charge in [0.05, 0.1) is 5.92 Å². The smallest absolute Gasteiger partial charge is 0.319 e. The first kappa shape index (κ1) is 17.8. The molecule has 9 heteroatoms. The molecule has 1 heterocycles. The van der Waals surface area contributed by atoms with Crippen LogP contribution in [0.1, 0.15) is 32.6 Å². The zero-order chi connectivity index (χ0) is 18.5. The zero-order valence-corrected chi connectivity index (χ0v) is 14.6. The average Bonchev–Trinajstić information content (AvgIpc) is 3.11. The normalized spacial score (nSPS) is 19.7. The van der Waals surface area contributed by atoms with Gasteiger partial charge in [0.15, 0.2) is 5.82 Å². The molecular formula is C17H22N6O3. The van der Waals surface area contributed by atoms with E-state index >= 15 is 0 Å². The van der Waals surface area contributed by atoms with Crippen molar-refractivity contribution in [2.24, 2.45) is 5.92 Å². The van der Waals surface area contributed by atoms with Gasteiger partial charge < -0.3 is 15.7 Å². The Balaban J connectivity index is 1.58. The molecular weight excluding hydrogens is 336 g/mol. The van der Waals surface area contributed by atoms with E-state index in [-0.39, 0.29) is 18.0 Å². The minimum Gasteiger partial charge on any atom is -0.481 e. The molecule has 2 amide bonds. The molecule has 2 aromatic rings. The average molecular weight is 358 g/mol. The number of carbonyl (C=O) groups is 2. The minimum absolute atomic E-state index is 0.00109. The standard InChI is InChI=1S/C17H22N6O3/c1-2-23-15(20-21-22-23)12-4-3-5-14(10-12)19-17(26)18-13-8-6-11(7-9-13)16(24)25/h3-5,10-11,13H,2,6-9H2,1H3,(H,24,25)(H2,18,19,26). The molecule has 3 N–H and O–H groups in total. The lowest BCUT2D eigenvalue weighted by atomic mass is 9.86. The highest BCUT2D eigenvalue weighted by Crippen LogP contribution is 2.25. The summed E-state index contributed by atoms with van der Waals surface area (Å²) < 4.78 is 1.68. The van der Waals surface area contributed by atoms with Crippen molar-refractivity contribution in [2.75, 3.05) is 5.32 Å². The fourth-order valence-electron chi connectivity index (χ4n) is 3.20. The Hall–Kier alpha value is -2.97. The van der Waals surface area contributed by atoms with Crippen molar-refractivity contribution in [3.05, 3.63) is 24.3 Å². The number of hydrogen-bond acceptors (Lipinski definition) is 5. The number of rotatable bonds is 5. The maximum absolute atomic E-state index is 12.2. The topological polar surface area (TPSA) is 122 Å². The quantitative estimate of drug-likeness (QED) is 0.752. The summed E-state index contributed by atoms with van der Waals surface area (Å²) in [5.41, 5.74) is 1.46. The van der Waals surface area contributed by atoms with Crippen LogP contribution in [0.2, 0.25) is 0 Å². The van der Waals surface area contributed by atoms with Crippen molar-refractivity contribution in [1.82, 2.24) is 25.5 Å². The van der Waals surface area contributed by atoms with Crippen LogP contribution in [0, 0.1) is 5.92 Å². The van der Waals surface area contributed by atoms with E-state index < -0.39 is 5.97 Å². The summed E-state index contributed by atoms with van der Waals surface area (Å²) in [4.78, 5) is 23.2. The number of tetrazole rings is 1. The third-order valence-corrected chi connectivity index (χ3v) is 4.62. The van der Waals surface area contributed by atoms with Crippen LogP contribution in [-0.4, -0.2) is 43.4 Å². The number of aryl methyl sites for hydroxylation is 1. The SMILES string of the molecule is CCn1nnnc1-c1cccc(NC(=O)NC2CCC(C(=O)O)CC2)c1. The van der Waals surface area contributed by atoms with E-state index in [0.717, 1.165) is 5.56 Å². The predicted octanol–water partition coefficient (Wildman–Crippen LogP) is 2.12. The second kappa shape index (κ2) is 7.94. The van der Waals surface area contributed by atoms with E-state index in [4.69, 9.17) is 5.11 Å². The second-order valence-electron chi connectivity index (χ2n) is 6.38. The lowest BCUT2D eigenvalue weighted by molar-refractivity contribution is -0.142. The maximum Gasteiger partial charge on any atom is 0.319 e. The van der Waals surface area contributed by atoms with Gasteiger partial charge in [-0.15, -0.1) is 5.10 Å². The second-order valence-corrected chi connectivity index (χ2v) is 6.38. The number of carboxylic acids is 1. The zero-order valence-electron chi connectivity index (χ0n) is 14.6. The van der Waals surface area contributed by atoms with Gasteiger partial charge in [-0.3, -0.25) is 4.79 Å². The van der Waals surface area contributed by atoms with Gasteiger partial charge in [-0.2, -0.15) is 0 Å². The van der Waals surface area contributed by atoms with Crippen LogP contribution in [0.3, 0.4) is 0 Å². The number of aliphatic carboxylic acids is 1. The van der Waals surface area contributed by atoms with Gasteiger partial charge in [-0.05, 0) is 55.2 Å². The summed E-state index contributed by atoms with van der Waals surface area (Å²) in [5, 5.41) is 26.4. The molecule has 0 aliphatic heterocycles. The van der Waals surface area contributed by atoms with Crippen molar-refractivity contribution >= 4 is 17.7 Å². The van der Waals surface area contributed by atoms with E-state index in [2.05, 4.69) is 26.2 Å². The number of anilines is 1. The first-order valence-electron chi connectivity index (χ1n) is 8.73. The van der Waals surface area contributed by atoms with Crippen molar-refractivity contribution in [2.45, 2.75) is 45.2 Å². The Morgan fingerprint density at radius 1 is 1.27 bits per heavy atom. The van der Waals surface area contributed by atoms with Crippen LogP contribution in [0.25, 0.3) is 11.4 Å². The van der Waals surface area contributed by atoms with Gasteiger partial charge >= 0.3 is 12.0 Å². The number of carboxylic acid groups (broad SMARTS) is 1. The summed E-state index contributed by atoms with van der Waals surface area (Å²) in [6, 6.07) is 7.03. The lowest BCUT2D eigenvalue weighted by Crippen LogP contribution is -2.40. The number of nitrogens with zero attached hydrogens (tertiary/aromatic N) is 4. The summed E-state index contributed by atoms with van der Waals surface area (Å²) in [6.45, 7) is 2.61. The van der Waals surface area contributed by atoms with Gasteiger partial charge in [0, 0.05) is 23.8 Å². The minimum atomic E-state index is -0.751. The van der Waals surface area contributed by atoms with Gasteiger partial charge in [-0.25, -0.2) is 9.48 Å². The summed E-state index contributed by atoms with van der Waals surface area (Å²) >= 11 is 0. The van der Waals surface area contributed by atoms with Crippen LogP contribution in [-0.2, 0) is 11.3 Å². The van der Waals surface area contributed by atoms with Crippen LogP contribution in [0.5, 0.6) is 0 Å². The summed E-state index contributed by atoms with van der Waals surface area (Å²) in [7, 11) is 0. The summed E-state index contributed by atoms with van der Waals surface area (Å²) in [6.07, 6.45) is 2.54. The number of hydrogen-bond donors (Lipinski definition) is 3. The molecule has 0 unspecified atom stereocenters. The molecule has 0 radical (unpaired) electrons. The number of amides is 2. The van der Waals surface area contributed by atoms with Crippen molar-refractivity contribution < 1.29 is 14.7 Å². The Bertz CT molecular complexity index is 782. The Labute approximate surface area is 150 Å². The van der Waals surface area contributed by atoms with Crippen LogP contribution >= 0.6 is 0 Å². The largest absolute Gasteiger partial charge is 0.481 e. The third kappa shape index (κ3) is 4.16. The molecule has 1 aliphatic rings. The Morgan fingerprint density at radius 2 is 2.04 bits per heavy atom. The highest BCUT2D eigenvalue weighted by molar-refractivity contribution is 5.90. The third-order valence-electron chi connectivity index (χ3n) is 4.62. The molecule has 26 heavy (non-hydrogen) atoms. The van der Waals surface area contributed by atoms with Gasteiger partial charge in [0.1, 0.15) is 0 Å². The van der Waals surface area contributed by atoms with E-state index in [1.54, 1.807) is 10.7 Å². The van der Waals surface area contributed by atoms with Crippen LogP contribution < -0.4 is 10.6 Å². The number of aromatic nitrogens is 4. The molecule has 3 rings (SSSR count). The highest BCUT2D eigenvalue weighted by atomic mass is 16.4. The Morgan fingerprint density at radius 3 is 2.73 bits per heavy atom. The fraction of sp³-hybridized carbons (Fsp3) is 0.471. The number of carbonyl (C=O) groups excluding carboxylic acids is 1. The van der Waals surface area contributed by atoms with E-state index in [1.165, 1.54) is 0 Å². The molecule has 138 valence electrons. The van der Waals surface area contributed by atoms with Crippen LogP contribution in [0.4, 0.5) is 10.5 Å². The first-order chi connectivity index (χ1) is 12.6. The van der Waals surface area contributed by atoms with E-state index in [9.17, 15) is 9.59 Å². The molecule has 1 aromatic carbocycles. The fourth-order valence-corrected chi connectivity index (χ4v) is 3.20. The monoisotopic (exact) mass is 358 g/mol. The molecule has 1 saturated carbocycles. The lowest BCUT2D eigenvalue weighted by Gasteiger charge is -2.26. The molecule has 1 aromatic heterocycles. The highest BCUT2D eigenvalue weighted by Gasteiger charge is 2.26. The molecule has 0 bridgehead atoms. The molecule has 0 spiro atoms. The molecule has 1 fully saturated rings. The van der Waals surface area contributed by atoms with E-state index in [1.807, 2.05) is 25.1 Å². The van der Waals surface area contributed by atoms with E-state index in [0.29, 0.717) is 43.7 Å². The number of nitrogens with one attached hydrogen (secondary N) is 2. The van der Waals surface area contributed by atoms with Crippen molar-refractivity contribution in [3.63, 3.8) is 0 Å². The molecule has 0 atom stereocenters. The number of benzene rings is 1. The first-order valence-corrected chi connectivity index (χ1v) is 8.73. The van der Waals surface area contributed by atoms with Gasteiger partial charge in [0.2, 0.25) is 0 Å². The van der Waals surface area contributed by atoms with Crippen LogP contribution in [0.15, 0.2) is 24.3 Å². The Kier molecular flexibility index (Phi) is 5.45.